The molecule has 0 bridgehead atoms. The van der Waals surface area contributed by atoms with E-state index in [1.165, 1.54) is 14.2 Å². The molecule has 19 nitrogen and oxygen atoms in total. The van der Waals surface area contributed by atoms with Crippen LogP contribution in [0.3, 0.4) is 0 Å². The first kappa shape index (κ1) is 76.5. The number of epoxide rings is 1. The van der Waals surface area contributed by atoms with E-state index in [1.54, 1.807) is 47.5 Å². The van der Waals surface area contributed by atoms with Crippen molar-refractivity contribution in [3.8, 4) is 0 Å². The lowest BCUT2D eigenvalue weighted by molar-refractivity contribution is -0.178. The number of methoxy groups -OCH3 is 6. The van der Waals surface area contributed by atoms with Crippen LogP contribution in [-0.4, -0.2) is 183 Å². The van der Waals surface area contributed by atoms with E-state index in [0.717, 1.165) is 51.6 Å². The van der Waals surface area contributed by atoms with Crippen LogP contribution in [-0.2, 0) is 90.3 Å². The Hall–Kier alpha value is -4.05. The normalized spacial score (nSPS) is 15.2. The third-order valence-electron chi connectivity index (χ3n) is 11.4. The molecule has 0 aromatic carbocycles. The molecule has 2 aliphatic heterocycles. The lowest BCUT2D eigenvalue weighted by atomic mass is 9.84. The SMILES string of the molecule is C=C(C)C(=O)OCC(COC)OC.C=CC(=O)OCC(COC)OC.C=CCOC(=O)C(C)(C)CC.C=CCOCC(COC)OC.CCC(C)(C)C(=O)OCC1CO1.CCC1(COC(=O)C(C)(C)CC)COC1. The minimum absolute atomic E-state index is 0.0277. The van der Waals surface area contributed by atoms with Gasteiger partial charge >= 0.3 is 29.8 Å². The summed E-state index contributed by atoms with van der Waals surface area (Å²) in [4.78, 5) is 55.8. The van der Waals surface area contributed by atoms with Gasteiger partial charge in [0.1, 0.15) is 57.5 Å². The van der Waals surface area contributed by atoms with Gasteiger partial charge in [-0.25, -0.2) is 9.59 Å². The van der Waals surface area contributed by atoms with Gasteiger partial charge in [-0.05, 0) is 74.1 Å². The maximum Gasteiger partial charge on any atom is 0.333 e. The summed E-state index contributed by atoms with van der Waals surface area (Å²) in [5, 5.41) is 0. The zero-order valence-corrected chi connectivity index (χ0v) is 48.6. The minimum atomic E-state index is -0.451. The van der Waals surface area contributed by atoms with Gasteiger partial charge in [0, 0.05) is 54.3 Å². The van der Waals surface area contributed by atoms with Crippen molar-refractivity contribution in [3.63, 3.8) is 0 Å². The summed E-state index contributed by atoms with van der Waals surface area (Å²) in [7, 11) is 9.47. The second kappa shape index (κ2) is 45.2. The van der Waals surface area contributed by atoms with E-state index in [9.17, 15) is 24.0 Å². The fraction of sp³-hybridized carbons (Fsp3) is 0.764. The van der Waals surface area contributed by atoms with Crippen molar-refractivity contribution >= 4 is 29.8 Å². The van der Waals surface area contributed by atoms with Gasteiger partial charge in [-0.3, -0.25) is 14.4 Å². The summed E-state index contributed by atoms with van der Waals surface area (Å²) in [6.45, 7) is 41.0. The number of ether oxygens (including phenoxy) is 14. The third-order valence-corrected chi connectivity index (χ3v) is 11.4. The van der Waals surface area contributed by atoms with Crippen LogP contribution in [0, 0.1) is 21.7 Å². The monoisotopic (exact) mass is 1060 g/mol. The summed E-state index contributed by atoms with van der Waals surface area (Å²) in [6, 6.07) is 0. The van der Waals surface area contributed by atoms with E-state index in [1.807, 2.05) is 62.3 Å². The topological polar surface area (TPSA) is 218 Å². The number of hydrogen-bond acceptors (Lipinski definition) is 19. The number of rotatable bonds is 32. The quantitative estimate of drug-likeness (QED) is 0.0156. The molecule has 0 saturated carbocycles. The summed E-state index contributed by atoms with van der Waals surface area (Å²) < 4.78 is 69.8. The molecule has 2 aliphatic rings. The number of carbonyl (C=O) groups is 5. The van der Waals surface area contributed by atoms with Gasteiger partial charge in [0.2, 0.25) is 0 Å². The van der Waals surface area contributed by atoms with Crippen LogP contribution in [0.1, 0.15) is 102 Å². The van der Waals surface area contributed by atoms with Crippen LogP contribution < -0.4 is 0 Å². The molecule has 74 heavy (non-hydrogen) atoms. The molecule has 4 unspecified atom stereocenters. The Morgan fingerprint density at radius 1 is 0.595 bits per heavy atom. The van der Waals surface area contributed by atoms with Crippen LogP contribution in [0.4, 0.5) is 0 Å². The molecule has 19 heteroatoms. The Morgan fingerprint density at radius 2 is 1.00 bits per heavy atom. The van der Waals surface area contributed by atoms with Crippen LogP contribution in [0.15, 0.2) is 50.1 Å². The molecular weight excluding hydrogens is 965 g/mol. The summed E-state index contributed by atoms with van der Waals surface area (Å²) >= 11 is 0. The van der Waals surface area contributed by atoms with Gasteiger partial charge in [-0.1, -0.05) is 59.6 Å². The first-order chi connectivity index (χ1) is 34.8. The highest BCUT2D eigenvalue weighted by Gasteiger charge is 2.39. The van der Waals surface area contributed by atoms with Crippen molar-refractivity contribution in [3.05, 3.63) is 50.1 Å². The zero-order chi connectivity index (χ0) is 57.8. The van der Waals surface area contributed by atoms with Crippen LogP contribution in [0.25, 0.3) is 0 Å². The van der Waals surface area contributed by atoms with Crippen LogP contribution in [0.5, 0.6) is 0 Å². The van der Waals surface area contributed by atoms with Gasteiger partial charge in [0.25, 0.3) is 0 Å². The second-order valence-corrected chi connectivity index (χ2v) is 19.1. The predicted molar refractivity (Wildman–Crippen MR) is 285 cm³/mol. The molecule has 0 aromatic rings. The molecular formula is C55H100O19. The molecule has 2 fully saturated rings. The average Bonchev–Trinajstić information content (AvgIpc) is 4.22. The van der Waals surface area contributed by atoms with Crippen molar-refractivity contribution in [2.45, 2.75) is 126 Å². The highest BCUT2D eigenvalue weighted by molar-refractivity contribution is 5.87. The first-order valence-electron chi connectivity index (χ1n) is 24.9. The van der Waals surface area contributed by atoms with E-state index in [0.29, 0.717) is 58.4 Å². The van der Waals surface area contributed by atoms with Crippen LogP contribution in [0.2, 0.25) is 0 Å². The van der Waals surface area contributed by atoms with Crippen molar-refractivity contribution in [1.29, 1.82) is 0 Å². The molecule has 4 atom stereocenters. The van der Waals surface area contributed by atoms with Gasteiger partial charge in [-0.2, -0.15) is 0 Å². The molecule has 0 spiro atoms. The van der Waals surface area contributed by atoms with E-state index in [2.05, 4.69) is 33.2 Å². The van der Waals surface area contributed by atoms with Crippen LogP contribution >= 0.6 is 0 Å². The molecule has 2 heterocycles. The van der Waals surface area contributed by atoms with Gasteiger partial charge in [0.05, 0.1) is 74.5 Å². The van der Waals surface area contributed by atoms with Crippen molar-refractivity contribution in [2.75, 3.05) is 129 Å². The standard InChI is InChI=1S/C12H22O3.C9H16O4.C9H16O3.C9H16O2.C8H14O4.C8H16O3/c1-5-11(3,4)10(13)15-9-12(6-2)7-14-8-12;1-7(2)9(10)13-6-8(12-4)5-11-3;1-4-9(2,3)8(10)12-6-7-5-11-7;1-5-7-11-8(10)9(3,4)6-2;1-4-8(9)12-6-7(11-3)5-10-2;1-4-5-11-7-8(10-3)6-9-2/h5-9H2,1-4H3;8H,1,5-6H2,2-4H3;7H,4-6H2,1-3H3;5H,1,6-7H2,2-4H3;4,7H,1,5-6H2,2-3H3;4,8H,1,5-7H2,2-3H3. The maximum absolute atomic E-state index is 11.7. The fourth-order valence-corrected chi connectivity index (χ4v) is 4.40. The molecule has 0 N–H and O–H groups in total. The summed E-state index contributed by atoms with van der Waals surface area (Å²) in [5.74, 6) is -1.23. The number of carbonyl (C=O) groups excluding carboxylic acids is 5. The molecule has 434 valence electrons. The Balaban J connectivity index is -0.000000399. The molecule has 2 rings (SSSR count). The van der Waals surface area contributed by atoms with E-state index in [-0.39, 0.29) is 77.2 Å². The maximum atomic E-state index is 11.7. The third kappa shape index (κ3) is 39.4. The van der Waals surface area contributed by atoms with Crippen molar-refractivity contribution < 1.29 is 90.3 Å². The average molecular weight is 1070 g/mol. The number of esters is 5. The highest BCUT2D eigenvalue weighted by Crippen LogP contribution is 2.33. The summed E-state index contributed by atoms with van der Waals surface area (Å²) in [5.41, 5.74) is -0.594. The van der Waals surface area contributed by atoms with Crippen molar-refractivity contribution in [2.24, 2.45) is 21.7 Å². The van der Waals surface area contributed by atoms with Gasteiger partial charge in [-0.15, -0.1) is 6.58 Å². The number of hydrogen-bond donors (Lipinski definition) is 0. The van der Waals surface area contributed by atoms with E-state index in [4.69, 9.17) is 66.3 Å². The Labute approximate surface area is 445 Å². The fourth-order valence-electron chi connectivity index (χ4n) is 4.40. The van der Waals surface area contributed by atoms with E-state index >= 15 is 0 Å². The molecule has 0 amide bonds. The largest absolute Gasteiger partial charge is 0.465 e. The van der Waals surface area contributed by atoms with Gasteiger partial charge < -0.3 is 66.3 Å². The lowest BCUT2D eigenvalue weighted by Gasteiger charge is -2.40. The molecule has 2 saturated heterocycles. The zero-order valence-electron chi connectivity index (χ0n) is 48.6. The second-order valence-electron chi connectivity index (χ2n) is 19.1. The highest BCUT2D eigenvalue weighted by atomic mass is 16.6. The minimum Gasteiger partial charge on any atom is -0.465 e. The first-order valence-corrected chi connectivity index (χ1v) is 24.9. The smallest absolute Gasteiger partial charge is 0.333 e. The Bertz CT molecular complexity index is 1530. The van der Waals surface area contributed by atoms with E-state index < -0.39 is 11.9 Å². The molecule has 0 aromatic heterocycles. The lowest BCUT2D eigenvalue weighted by Crippen LogP contribution is -2.47. The summed E-state index contributed by atoms with van der Waals surface area (Å²) in [6.07, 6.45) is 7.57. The van der Waals surface area contributed by atoms with Gasteiger partial charge in [0.15, 0.2) is 0 Å². The molecule has 0 radical (unpaired) electrons. The predicted octanol–water partition coefficient (Wildman–Crippen LogP) is 7.90. The molecule has 0 aliphatic carbocycles. The Morgan fingerprint density at radius 3 is 1.32 bits per heavy atom. The van der Waals surface area contributed by atoms with Crippen molar-refractivity contribution in [1.82, 2.24) is 0 Å². The Kier molecular flexibility index (Phi) is 46.7.